The van der Waals surface area contributed by atoms with Crippen LogP contribution in [-0.2, 0) is 9.47 Å². The van der Waals surface area contributed by atoms with E-state index in [4.69, 9.17) is 9.47 Å². The summed E-state index contributed by atoms with van der Waals surface area (Å²) in [7, 11) is 1.39. The summed E-state index contributed by atoms with van der Waals surface area (Å²) in [5.74, 6) is 0. The molecule has 104 valence electrons. The van der Waals surface area contributed by atoms with Crippen molar-refractivity contribution in [2.45, 2.75) is 23.7 Å². The average molecular weight is 284 g/mol. The first-order chi connectivity index (χ1) is 9.13. The van der Waals surface area contributed by atoms with E-state index in [1.165, 1.54) is 7.11 Å². The first kappa shape index (κ1) is 14.5. The van der Waals surface area contributed by atoms with E-state index in [0.29, 0.717) is 5.56 Å². The highest BCUT2D eigenvalue weighted by Crippen LogP contribution is 2.27. The lowest BCUT2D eigenvalue weighted by Crippen LogP contribution is -2.52. The van der Waals surface area contributed by atoms with Crippen LogP contribution in [0.1, 0.15) is 10.4 Å². The van der Waals surface area contributed by atoms with Crippen LogP contribution in [0.5, 0.6) is 0 Å². The minimum atomic E-state index is -1.15. The first-order valence-corrected chi connectivity index (χ1v) is 6.78. The van der Waals surface area contributed by atoms with E-state index >= 15 is 0 Å². The van der Waals surface area contributed by atoms with E-state index in [1.807, 2.05) is 6.07 Å². The zero-order valence-electron chi connectivity index (χ0n) is 10.4. The van der Waals surface area contributed by atoms with Crippen LogP contribution in [-0.4, -0.2) is 52.8 Å². The summed E-state index contributed by atoms with van der Waals surface area (Å²) < 4.78 is 10.1. The normalized spacial score (nSPS) is 31.1. The molecule has 1 aromatic rings. The number of methoxy groups -OCH3 is 1. The summed E-state index contributed by atoms with van der Waals surface area (Å²) in [6.45, 7) is 0.153. The third-order valence-corrected chi connectivity index (χ3v) is 4.10. The highest BCUT2D eigenvalue weighted by molar-refractivity contribution is 8.14. The quantitative estimate of drug-likeness (QED) is 0.849. The summed E-state index contributed by atoms with van der Waals surface area (Å²) in [6.07, 6.45) is -3.06. The highest BCUT2D eigenvalue weighted by Gasteiger charge is 2.39. The van der Waals surface area contributed by atoms with E-state index in [2.05, 4.69) is 0 Å². The van der Waals surface area contributed by atoms with Crippen LogP contribution >= 0.6 is 11.8 Å². The molecule has 1 saturated heterocycles. The summed E-state index contributed by atoms with van der Waals surface area (Å²) >= 11 is 0.969. The Bertz CT molecular complexity index is 424. The smallest absolute Gasteiger partial charge is 0.219 e. The van der Waals surface area contributed by atoms with Gasteiger partial charge in [0.1, 0.15) is 6.10 Å². The second kappa shape index (κ2) is 6.49. The summed E-state index contributed by atoms with van der Waals surface area (Å²) in [6, 6.07) is 8.79. The molecule has 5 nitrogen and oxygen atoms in total. The van der Waals surface area contributed by atoms with Crippen molar-refractivity contribution in [2.24, 2.45) is 0 Å². The number of thioether (sulfide) groups is 1. The van der Waals surface area contributed by atoms with Crippen LogP contribution < -0.4 is 0 Å². The molecule has 1 aliphatic heterocycles. The van der Waals surface area contributed by atoms with Crippen LogP contribution in [0.25, 0.3) is 0 Å². The van der Waals surface area contributed by atoms with E-state index in [9.17, 15) is 15.0 Å². The van der Waals surface area contributed by atoms with Crippen molar-refractivity contribution in [3.8, 4) is 0 Å². The van der Waals surface area contributed by atoms with Crippen LogP contribution in [0, 0.1) is 0 Å². The molecule has 4 atom stereocenters. The lowest BCUT2D eigenvalue weighted by molar-refractivity contribution is -0.229. The molecule has 19 heavy (non-hydrogen) atoms. The Labute approximate surface area is 115 Å². The van der Waals surface area contributed by atoms with Gasteiger partial charge < -0.3 is 19.7 Å². The molecule has 2 N–H and O–H groups in total. The minimum absolute atomic E-state index is 0.153. The molecule has 6 heteroatoms. The molecule has 1 aliphatic rings. The van der Waals surface area contributed by atoms with E-state index in [1.54, 1.807) is 24.3 Å². The molecular weight excluding hydrogens is 268 g/mol. The standard InChI is InChI=1S/C13H16O5S/c1-17-13-11(15)10(14)9(7-18-13)19-12(16)8-5-3-2-4-6-8/h2-6,9-11,13-15H,7H2,1H3/t9-,10-,11+,13+/m1/s1. The van der Waals surface area contributed by atoms with Gasteiger partial charge in [0.05, 0.1) is 18.0 Å². The SMILES string of the molecule is CO[C@H]1OC[C@@H](SC(=O)c2ccccc2)[C@@H](O)[C@@H]1O. The molecule has 0 radical (unpaired) electrons. The Kier molecular flexibility index (Phi) is 4.95. The molecule has 0 bridgehead atoms. The Hall–Kier alpha value is -0.920. The maximum absolute atomic E-state index is 12.0. The number of benzene rings is 1. The predicted octanol–water partition coefficient (Wildman–Crippen LogP) is 0.653. The molecule has 0 saturated carbocycles. The maximum atomic E-state index is 12.0. The Morgan fingerprint density at radius 2 is 2.00 bits per heavy atom. The van der Waals surface area contributed by atoms with Crippen molar-refractivity contribution in [2.75, 3.05) is 13.7 Å². The largest absolute Gasteiger partial charge is 0.389 e. The Morgan fingerprint density at radius 3 is 2.63 bits per heavy atom. The first-order valence-electron chi connectivity index (χ1n) is 5.90. The monoisotopic (exact) mass is 284 g/mol. The molecule has 0 spiro atoms. The number of hydrogen-bond donors (Lipinski definition) is 2. The number of ether oxygens (including phenoxy) is 2. The van der Waals surface area contributed by atoms with Crippen molar-refractivity contribution in [1.29, 1.82) is 0 Å². The number of carbonyl (C=O) groups excluding carboxylic acids is 1. The third kappa shape index (κ3) is 3.34. The maximum Gasteiger partial charge on any atom is 0.219 e. The van der Waals surface area contributed by atoms with Crippen LogP contribution in [0.15, 0.2) is 30.3 Å². The molecule has 0 aliphatic carbocycles. The van der Waals surface area contributed by atoms with Crippen molar-refractivity contribution in [3.05, 3.63) is 35.9 Å². The highest BCUT2D eigenvalue weighted by atomic mass is 32.2. The van der Waals surface area contributed by atoms with E-state index in [0.717, 1.165) is 11.8 Å². The van der Waals surface area contributed by atoms with Gasteiger partial charge in [-0.2, -0.15) is 0 Å². The molecule has 0 unspecified atom stereocenters. The summed E-state index contributed by atoms with van der Waals surface area (Å²) in [5.41, 5.74) is 0.558. The van der Waals surface area contributed by atoms with Gasteiger partial charge in [0.25, 0.3) is 0 Å². The van der Waals surface area contributed by atoms with Gasteiger partial charge in [-0.1, -0.05) is 42.1 Å². The van der Waals surface area contributed by atoms with Gasteiger partial charge >= 0.3 is 0 Å². The number of rotatable bonds is 3. The number of carbonyl (C=O) groups is 1. The zero-order valence-corrected chi connectivity index (χ0v) is 11.2. The summed E-state index contributed by atoms with van der Waals surface area (Å²) in [4.78, 5) is 12.0. The van der Waals surface area contributed by atoms with Crippen molar-refractivity contribution in [1.82, 2.24) is 0 Å². The fraction of sp³-hybridized carbons (Fsp3) is 0.462. The fourth-order valence-electron chi connectivity index (χ4n) is 1.86. The van der Waals surface area contributed by atoms with Crippen LogP contribution in [0.2, 0.25) is 0 Å². The molecule has 2 rings (SSSR count). The van der Waals surface area contributed by atoms with Crippen LogP contribution in [0.3, 0.4) is 0 Å². The second-order valence-electron chi connectivity index (χ2n) is 4.23. The van der Waals surface area contributed by atoms with Gasteiger partial charge in [-0.3, -0.25) is 4.79 Å². The molecule has 1 fully saturated rings. The van der Waals surface area contributed by atoms with Crippen LogP contribution in [0.4, 0.5) is 0 Å². The fourth-order valence-corrected chi connectivity index (χ4v) is 2.85. The van der Waals surface area contributed by atoms with Crippen molar-refractivity contribution >= 4 is 16.9 Å². The Morgan fingerprint density at radius 1 is 1.32 bits per heavy atom. The van der Waals surface area contributed by atoms with Gasteiger partial charge in [0.15, 0.2) is 6.29 Å². The van der Waals surface area contributed by atoms with Gasteiger partial charge in [0.2, 0.25) is 5.12 Å². The molecule has 0 aromatic heterocycles. The second-order valence-corrected chi connectivity index (χ2v) is 5.44. The Balaban J connectivity index is 1.98. The number of aliphatic hydroxyl groups excluding tert-OH is 2. The summed E-state index contributed by atoms with van der Waals surface area (Å²) in [5, 5.41) is 19.1. The molecule has 1 aromatic carbocycles. The molecule has 0 amide bonds. The molecule has 1 heterocycles. The van der Waals surface area contributed by atoms with Gasteiger partial charge in [-0.05, 0) is 0 Å². The zero-order chi connectivity index (χ0) is 13.8. The predicted molar refractivity (Wildman–Crippen MR) is 70.9 cm³/mol. The van der Waals surface area contributed by atoms with Gasteiger partial charge in [-0.15, -0.1) is 0 Å². The van der Waals surface area contributed by atoms with E-state index < -0.39 is 23.7 Å². The lowest BCUT2D eigenvalue weighted by atomic mass is 10.1. The molecular formula is C13H16O5S. The third-order valence-electron chi connectivity index (χ3n) is 2.93. The van der Waals surface area contributed by atoms with Gasteiger partial charge in [-0.25, -0.2) is 0 Å². The average Bonchev–Trinajstić information content (AvgIpc) is 2.45. The lowest BCUT2D eigenvalue weighted by Gasteiger charge is -2.35. The minimum Gasteiger partial charge on any atom is -0.389 e. The van der Waals surface area contributed by atoms with Crippen molar-refractivity contribution in [3.63, 3.8) is 0 Å². The topological polar surface area (TPSA) is 76.0 Å². The number of aliphatic hydroxyl groups is 2. The van der Waals surface area contributed by atoms with Crippen molar-refractivity contribution < 1.29 is 24.5 Å². The number of hydrogen-bond acceptors (Lipinski definition) is 6. The van der Waals surface area contributed by atoms with E-state index in [-0.39, 0.29) is 11.7 Å². The van der Waals surface area contributed by atoms with Gasteiger partial charge in [0, 0.05) is 12.7 Å².